The van der Waals surface area contributed by atoms with E-state index in [1.165, 1.54) is 108 Å². The third-order valence-corrected chi connectivity index (χ3v) is 19.4. The molecule has 0 saturated carbocycles. The second kappa shape index (κ2) is 36.5. The van der Waals surface area contributed by atoms with Gasteiger partial charge in [-0.25, -0.2) is 0 Å². The number of hydrogen-bond donors (Lipinski definition) is 2. The van der Waals surface area contributed by atoms with Crippen molar-refractivity contribution in [1.29, 1.82) is 0 Å². The van der Waals surface area contributed by atoms with E-state index in [1.54, 1.807) is 0 Å². The van der Waals surface area contributed by atoms with Crippen LogP contribution in [0.4, 0.5) is 0 Å². The topological polar surface area (TPSA) is 223 Å². The van der Waals surface area contributed by atoms with Gasteiger partial charge in [-0.15, -0.1) is 0 Å². The van der Waals surface area contributed by atoms with Crippen LogP contribution in [-0.4, -0.2) is 20.7 Å². The Morgan fingerprint density at radius 1 is 0.333 bits per heavy atom. The normalized spacial score (nSPS) is 11.5. The zero-order valence-electron chi connectivity index (χ0n) is 39.7. The summed E-state index contributed by atoms with van der Waals surface area (Å²) in [6.07, 6.45) is 15.8. The van der Waals surface area contributed by atoms with Crippen molar-refractivity contribution in [3.05, 3.63) is 182 Å². The SMILES string of the molecule is CCCCCCC[P+](c1ccccc1)(c1ccccc1)c1ccccc1.CCCCCCC[P+](c1ccccc1)(c1ccccc1)c1ccccc1.[O]=[Mn](=[O])([O-])[Br].[O]=[Mn](=[O])([O-])[Br].[O]=[Mn](=[O])([OH])[Br].[O]=[Mn](=[O])([OH])[Br]. The van der Waals surface area contributed by atoms with Gasteiger partial charge < -0.3 is 0 Å². The molecule has 6 aromatic rings. The zero-order chi connectivity index (χ0) is 54.2. The van der Waals surface area contributed by atoms with Gasteiger partial charge in [0.1, 0.15) is 46.4 Å². The van der Waals surface area contributed by atoms with E-state index in [2.05, 4.69) is 196 Å². The van der Waals surface area contributed by atoms with E-state index in [-0.39, 0.29) is 0 Å². The van der Waals surface area contributed by atoms with Gasteiger partial charge in [-0.2, -0.15) is 0 Å². The van der Waals surface area contributed by atoms with Gasteiger partial charge >= 0.3 is 149 Å². The molecule has 400 valence electrons. The molecule has 0 heterocycles. The van der Waals surface area contributed by atoms with E-state index in [0.717, 1.165) is 0 Å². The molecule has 0 saturated heterocycles. The minimum atomic E-state index is -4.56. The van der Waals surface area contributed by atoms with Crippen molar-refractivity contribution in [2.24, 2.45) is 0 Å². The van der Waals surface area contributed by atoms with E-state index in [0.29, 0.717) is 0 Å². The Labute approximate surface area is 462 Å². The van der Waals surface area contributed by atoms with Gasteiger partial charge in [0.15, 0.2) is 0 Å². The van der Waals surface area contributed by atoms with Crippen LogP contribution >= 0.6 is 71.0 Å². The first-order valence-electron chi connectivity index (χ1n) is 22.3. The first kappa shape index (κ1) is 68.4. The fourth-order valence-corrected chi connectivity index (χ4v) is 16.5. The van der Waals surface area contributed by atoms with Crippen molar-refractivity contribution in [2.45, 2.75) is 78.1 Å². The number of unbranched alkanes of at least 4 members (excludes halogenated alkanes) is 8. The van der Waals surface area contributed by atoms with Crippen molar-refractivity contribution in [3.8, 4) is 0 Å². The predicted octanol–water partition coefficient (Wildman–Crippen LogP) is 10.8. The third kappa shape index (κ3) is 32.1. The molecule has 22 heteroatoms. The third-order valence-electron chi connectivity index (χ3n) is 10.4. The van der Waals surface area contributed by atoms with Crippen LogP contribution < -0.4 is 40.2 Å². The fraction of sp³-hybridized carbons (Fsp3) is 0.280. The molecule has 2 N–H and O–H groups in total. The standard InChI is InChI=1S/2C25H30P.4BrH.4Mn.2H2O.10O/c2*1-2-3-4-5-15-22-26(23-16-9-6-10-17-23,24-18-11-7-12-19-24)25-20-13-8-14-21-25;;;;;;;;;;;;;;;;;;;;/h2*6-14,16-21H,2-5,15,22H2,1H3;4*1H;;;;;2*1H2;;;;;;;;;;/q2*+1;;;;;2*+1;2*+2;;;;;;;;;;;2*-1/p-6. The molecule has 0 aliphatic rings. The summed E-state index contributed by atoms with van der Waals surface area (Å²) in [5, 5.41) is 9.04. The Morgan fingerprint density at radius 2 is 0.472 bits per heavy atom. The summed E-state index contributed by atoms with van der Waals surface area (Å²) in [4.78, 5) is 0. The minimum absolute atomic E-state index is 1.26. The van der Waals surface area contributed by atoms with E-state index < -0.39 is 59.4 Å². The molecule has 0 aromatic heterocycles. The molecule has 0 aliphatic heterocycles. The molecule has 0 aliphatic carbocycles. The molecule has 0 unspecified atom stereocenters. The van der Waals surface area contributed by atoms with Crippen LogP contribution in [0.15, 0.2) is 182 Å². The molecule has 0 atom stereocenters. The van der Waals surface area contributed by atoms with Gasteiger partial charge in [0.25, 0.3) is 0 Å². The van der Waals surface area contributed by atoms with E-state index in [1.807, 2.05) is 56.4 Å². The number of halogens is 4. The van der Waals surface area contributed by atoms with Crippen molar-refractivity contribution in [1.82, 2.24) is 0 Å². The number of benzene rings is 6. The maximum absolute atomic E-state index is 9.16. The molecule has 0 bridgehead atoms. The summed E-state index contributed by atoms with van der Waals surface area (Å²) in [5.74, 6) is 0. The van der Waals surface area contributed by atoms with Gasteiger partial charge in [-0.1, -0.05) is 162 Å². The molecule has 6 rings (SSSR count). The first-order valence-corrected chi connectivity index (χ1v) is 43.8. The number of hydrogen-bond acceptors (Lipinski definition) is 10. The van der Waals surface area contributed by atoms with Crippen LogP contribution in [0.2, 0.25) is 0 Å². The quantitative estimate of drug-likeness (QED) is 0.0466. The molecule has 0 spiro atoms. The van der Waals surface area contributed by atoms with Crippen LogP contribution in [-0.2, 0) is 75.6 Å². The molecule has 0 amide bonds. The Bertz CT molecular complexity index is 2330. The summed E-state index contributed by atoms with van der Waals surface area (Å²) in [6, 6.07) is 67.4. The van der Waals surface area contributed by atoms with Crippen molar-refractivity contribution >= 4 is 103 Å². The fourth-order valence-electron chi connectivity index (χ4n) is 7.67. The van der Waals surface area contributed by atoms with Crippen LogP contribution in [0.25, 0.3) is 0 Å². The average Bonchev–Trinajstić information content (AvgIpc) is 3.31. The van der Waals surface area contributed by atoms with E-state index in [4.69, 9.17) is 47.4 Å². The second-order valence-electron chi connectivity index (χ2n) is 15.4. The molecule has 0 radical (unpaired) electrons. The second-order valence-corrected chi connectivity index (χ2v) is 39.6. The Kier molecular flexibility index (Phi) is 34.6. The molecule has 72 heavy (non-hydrogen) atoms. The maximum atomic E-state index is 9.16. The summed E-state index contributed by atoms with van der Waals surface area (Å²) in [5.41, 5.74) is 0. The molecule has 6 aromatic carbocycles. The number of rotatable bonds is 18. The van der Waals surface area contributed by atoms with Crippen LogP contribution in [0, 0.1) is 0 Å². The van der Waals surface area contributed by atoms with Gasteiger partial charge in [-0.05, 0) is 98.5 Å². The summed E-state index contributed by atoms with van der Waals surface area (Å²) in [7, 11) is -3.20. The van der Waals surface area contributed by atoms with Crippen LogP contribution in [0.5, 0.6) is 0 Å². The summed E-state index contributed by atoms with van der Waals surface area (Å²) < 4.78 is 106. The van der Waals surface area contributed by atoms with Crippen LogP contribution in [0.1, 0.15) is 78.1 Å². The molecule has 12 nitrogen and oxygen atoms in total. The monoisotopic (exact) mass is 1450 g/mol. The Hall–Kier alpha value is -1.58. The predicted molar refractivity (Wildman–Crippen MR) is 283 cm³/mol. The van der Waals surface area contributed by atoms with Gasteiger partial charge in [-0.3, -0.25) is 0 Å². The summed E-state index contributed by atoms with van der Waals surface area (Å²) >= 11 is -10.1. The van der Waals surface area contributed by atoms with Gasteiger partial charge in [0.05, 0.1) is 12.3 Å². The molecule has 0 fully saturated rings. The molecular formula is C50H62Br4Mn4O12P2. The zero-order valence-corrected chi connectivity index (χ0v) is 52.6. The first-order chi connectivity index (χ1) is 33.8. The average molecular weight is 1460 g/mol. The van der Waals surface area contributed by atoms with Crippen molar-refractivity contribution < 1.29 is 92.4 Å². The van der Waals surface area contributed by atoms with Crippen LogP contribution in [0.3, 0.4) is 0 Å². The van der Waals surface area contributed by atoms with Gasteiger partial charge in [0, 0.05) is 0 Å². The van der Waals surface area contributed by atoms with Gasteiger partial charge in [0.2, 0.25) is 0 Å². The van der Waals surface area contributed by atoms with E-state index >= 15 is 0 Å². The van der Waals surface area contributed by atoms with Crippen molar-refractivity contribution in [3.63, 3.8) is 0 Å². The molecular weight excluding hydrogens is 1390 g/mol. The van der Waals surface area contributed by atoms with Crippen molar-refractivity contribution in [2.75, 3.05) is 12.3 Å². The summed E-state index contributed by atoms with van der Waals surface area (Å²) in [6.45, 7) is 4.57. The Balaban J connectivity index is 0.000000524. The van der Waals surface area contributed by atoms with E-state index in [9.17, 15) is 0 Å². The Morgan fingerprint density at radius 3 is 0.611 bits per heavy atom.